The molecule has 3 rings (SSSR count). The molecule has 0 aromatic heterocycles. The second-order valence-corrected chi connectivity index (χ2v) is 5.91. The Labute approximate surface area is 136 Å². The molecule has 0 spiro atoms. The fourth-order valence-corrected chi connectivity index (χ4v) is 2.80. The second-order valence-electron chi connectivity index (χ2n) is 5.91. The van der Waals surface area contributed by atoms with Gasteiger partial charge in [0.1, 0.15) is 0 Å². The summed E-state index contributed by atoms with van der Waals surface area (Å²) in [5.41, 5.74) is 1.71. The molecular weight excluding hydrogens is 288 g/mol. The van der Waals surface area contributed by atoms with E-state index in [4.69, 9.17) is 0 Å². The number of carbonyl (C=O) groups excluding carboxylic acids is 2. The lowest BCUT2D eigenvalue weighted by molar-refractivity contribution is -0.124. The molecule has 1 aliphatic rings. The largest absolute Gasteiger partial charge is 0.315 e. The molecule has 0 saturated heterocycles. The van der Waals surface area contributed by atoms with Crippen LogP contribution in [0, 0.1) is 11.8 Å². The van der Waals surface area contributed by atoms with Gasteiger partial charge in [0.2, 0.25) is 11.8 Å². The van der Waals surface area contributed by atoms with Crippen LogP contribution in [0.3, 0.4) is 0 Å². The van der Waals surface area contributed by atoms with Crippen molar-refractivity contribution in [3.63, 3.8) is 0 Å². The topological polar surface area (TPSA) is 40.6 Å². The highest BCUT2D eigenvalue weighted by molar-refractivity contribution is 6.04. The summed E-state index contributed by atoms with van der Waals surface area (Å²) in [6.07, 6.45) is 0.631. The molecule has 0 N–H and O–H groups in total. The quantitative estimate of drug-likeness (QED) is 0.871. The van der Waals surface area contributed by atoms with Crippen molar-refractivity contribution in [3.8, 4) is 0 Å². The number of amides is 2. The molecule has 2 amide bonds. The van der Waals surface area contributed by atoms with Crippen LogP contribution >= 0.6 is 0 Å². The summed E-state index contributed by atoms with van der Waals surface area (Å²) < 4.78 is 0. The zero-order valence-corrected chi connectivity index (χ0v) is 13.3. The van der Waals surface area contributed by atoms with E-state index in [1.807, 2.05) is 60.7 Å². The first kappa shape index (κ1) is 15.3. The lowest BCUT2D eigenvalue weighted by Gasteiger charge is -2.19. The van der Waals surface area contributed by atoms with Crippen LogP contribution in [0.15, 0.2) is 60.7 Å². The summed E-state index contributed by atoms with van der Waals surface area (Å²) in [5.74, 6) is -0.398. The van der Waals surface area contributed by atoms with E-state index >= 15 is 0 Å². The van der Waals surface area contributed by atoms with E-state index in [-0.39, 0.29) is 23.7 Å². The number of benzene rings is 2. The average Bonchev–Trinajstić information content (AvgIpc) is 3.41. The van der Waals surface area contributed by atoms with E-state index in [1.165, 1.54) is 0 Å². The van der Waals surface area contributed by atoms with Gasteiger partial charge in [-0.05, 0) is 30.7 Å². The molecule has 0 radical (unpaired) electrons. The maximum atomic E-state index is 12.5. The molecule has 2 aromatic carbocycles. The van der Waals surface area contributed by atoms with Crippen LogP contribution in [0.25, 0.3) is 0 Å². The van der Waals surface area contributed by atoms with Crippen LogP contribution in [0.1, 0.15) is 6.42 Å². The van der Waals surface area contributed by atoms with Gasteiger partial charge in [0, 0.05) is 25.5 Å². The van der Waals surface area contributed by atoms with Crippen LogP contribution in [-0.2, 0) is 9.59 Å². The Balaban J connectivity index is 1.65. The zero-order chi connectivity index (χ0) is 16.4. The van der Waals surface area contributed by atoms with E-state index in [1.54, 1.807) is 23.9 Å². The number of hydrogen-bond acceptors (Lipinski definition) is 2. The molecule has 4 heteroatoms. The first-order valence-corrected chi connectivity index (χ1v) is 7.75. The van der Waals surface area contributed by atoms with E-state index in [9.17, 15) is 9.59 Å². The summed E-state index contributed by atoms with van der Waals surface area (Å²) in [4.78, 5) is 28.3. The normalized spacial score (nSPS) is 19.0. The van der Waals surface area contributed by atoms with Gasteiger partial charge in [-0.2, -0.15) is 0 Å². The minimum Gasteiger partial charge on any atom is -0.315 e. The monoisotopic (exact) mass is 308 g/mol. The molecule has 1 aliphatic carbocycles. The first-order chi connectivity index (χ1) is 11.1. The van der Waals surface area contributed by atoms with Gasteiger partial charge in [-0.15, -0.1) is 0 Å². The Morgan fingerprint density at radius 1 is 0.739 bits per heavy atom. The smallest absolute Gasteiger partial charge is 0.230 e. The third-order valence-corrected chi connectivity index (χ3v) is 4.37. The minimum absolute atomic E-state index is 0.0102. The SMILES string of the molecule is CN(C(=O)C1CC1C(=O)N(C)c1ccccc1)c1ccccc1. The van der Waals surface area contributed by atoms with Gasteiger partial charge in [-0.3, -0.25) is 9.59 Å². The number of nitrogens with zero attached hydrogens (tertiary/aromatic N) is 2. The van der Waals surface area contributed by atoms with Crippen LogP contribution in [0.5, 0.6) is 0 Å². The van der Waals surface area contributed by atoms with E-state index < -0.39 is 0 Å². The molecule has 2 aromatic rings. The fourth-order valence-electron chi connectivity index (χ4n) is 2.80. The van der Waals surface area contributed by atoms with Crippen molar-refractivity contribution < 1.29 is 9.59 Å². The molecule has 2 unspecified atom stereocenters. The van der Waals surface area contributed by atoms with Crippen LogP contribution in [0.2, 0.25) is 0 Å². The van der Waals surface area contributed by atoms with Crippen LogP contribution < -0.4 is 9.80 Å². The first-order valence-electron chi connectivity index (χ1n) is 7.75. The number of rotatable bonds is 4. The average molecular weight is 308 g/mol. The Morgan fingerprint density at radius 3 is 1.43 bits per heavy atom. The Bertz CT molecular complexity index is 638. The van der Waals surface area contributed by atoms with Gasteiger partial charge in [-0.25, -0.2) is 0 Å². The summed E-state index contributed by atoms with van der Waals surface area (Å²) in [6.45, 7) is 0. The van der Waals surface area contributed by atoms with Gasteiger partial charge < -0.3 is 9.80 Å². The molecule has 0 aliphatic heterocycles. The van der Waals surface area contributed by atoms with Crippen molar-refractivity contribution in [3.05, 3.63) is 60.7 Å². The highest BCUT2D eigenvalue weighted by Gasteiger charge is 2.50. The predicted octanol–water partition coefficient (Wildman–Crippen LogP) is 2.95. The van der Waals surface area contributed by atoms with E-state index in [2.05, 4.69) is 0 Å². The standard InChI is InChI=1S/C19H20N2O2/c1-20(14-9-5-3-6-10-14)18(22)16-13-17(16)19(23)21(2)15-11-7-4-8-12-15/h3-12,16-17H,13H2,1-2H3. The van der Waals surface area contributed by atoms with Gasteiger partial charge in [0.05, 0.1) is 11.8 Å². The van der Waals surface area contributed by atoms with E-state index in [0.29, 0.717) is 6.42 Å². The van der Waals surface area contributed by atoms with E-state index in [0.717, 1.165) is 11.4 Å². The van der Waals surface area contributed by atoms with Crippen LogP contribution in [0.4, 0.5) is 11.4 Å². The van der Waals surface area contributed by atoms with Crippen molar-refractivity contribution in [1.82, 2.24) is 0 Å². The Hall–Kier alpha value is -2.62. The zero-order valence-electron chi connectivity index (χ0n) is 13.3. The summed E-state index contributed by atoms with van der Waals surface area (Å²) in [5, 5.41) is 0. The third kappa shape index (κ3) is 3.11. The summed E-state index contributed by atoms with van der Waals surface area (Å²) >= 11 is 0. The fraction of sp³-hybridized carbons (Fsp3) is 0.263. The maximum absolute atomic E-state index is 12.5. The van der Waals surface area contributed by atoms with Crippen molar-refractivity contribution in [2.24, 2.45) is 11.8 Å². The number of hydrogen-bond donors (Lipinski definition) is 0. The summed E-state index contributed by atoms with van der Waals surface area (Å²) in [6, 6.07) is 19.0. The molecule has 118 valence electrons. The molecule has 0 bridgehead atoms. The highest BCUT2D eigenvalue weighted by Crippen LogP contribution is 2.42. The molecule has 2 atom stereocenters. The van der Waals surface area contributed by atoms with Crippen molar-refractivity contribution >= 4 is 23.2 Å². The third-order valence-electron chi connectivity index (χ3n) is 4.37. The maximum Gasteiger partial charge on any atom is 0.230 e. The number of anilines is 2. The van der Waals surface area contributed by atoms with Crippen molar-refractivity contribution in [1.29, 1.82) is 0 Å². The van der Waals surface area contributed by atoms with Gasteiger partial charge in [0.15, 0.2) is 0 Å². The minimum atomic E-state index is -0.209. The molecule has 4 nitrogen and oxygen atoms in total. The highest BCUT2D eigenvalue weighted by atomic mass is 16.2. The lowest BCUT2D eigenvalue weighted by atomic mass is 10.2. The van der Waals surface area contributed by atoms with Gasteiger partial charge in [0.25, 0.3) is 0 Å². The van der Waals surface area contributed by atoms with Gasteiger partial charge >= 0.3 is 0 Å². The molecule has 0 heterocycles. The molecule has 23 heavy (non-hydrogen) atoms. The Kier molecular flexibility index (Phi) is 4.15. The predicted molar refractivity (Wildman–Crippen MR) is 91.3 cm³/mol. The second kappa shape index (κ2) is 6.24. The summed E-state index contributed by atoms with van der Waals surface area (Å²) in [7, 11) is 3.52. The van der Waals surface area contributed by atoms with Crippen molar-refractivity contribution in [2.45, 2.75) is 6.42 Å². The molecule has 1 fully saturated rings. The Morgan fingerprint density at radius 2 is 1.09 bits per heavy atom. The van der Waals surface area contributed by atoms with Crippen molar-refractivity contribution in [2.75, 3.05) is 23.9 Å². The van der Waals surface area contributed by atoms with Crippen LogP contribution in [-0.4, -0.2) is 25.9 Å². The lowest BCUT2D eigenvalue weighted by Crippen LogP contribution is -2.32. The number of carbonyl (C=O) groups is 2. The number of para-hydroxylation sites is 2. The van der Waals surface area contributed by atoms with Gasteiger partial charge in [-0.1, -0.05) is 36.4 Å². The molecule has 1 saturated carbocycles. The molecular formula is C19H20N2O2.